The molecule has 1 N–H and O–H groups in total. The maximum atomic E-state index is 11.8. The Morgan fingerprint density at radius 2 is 2.06 bits per heavy atom. The molecular formula is C22H25N5O3S. The van der Waals surface area contributed by atoms with Gasteiger partial charge in [-0.05, 0) is 31.0 Å². The normalized spacial score (nSPS) is 16.2. The summed E-state index contributed by atoms with van der Waals surface area (Å²) in [5.74, 6) is 1.07. The Balaban J connectivity index is 1.52. The molecule has 1 atom stereocenters. The monoisotopic (exact) mass is 439 g/mol. The van der Waals surface area contributed by atoms with Gasteiger partial charge in [0.15, 0.2) is 5.13 Å². The maximum Gasteiger partial charge on any atom is 0.269 e. The Morgan fingerprint density at radius 3 is 2.84 bits per heavy atom. The Hall–Kier alpha value is -3.20. The van der Waals surface area contributed by atoms with Crippen LogP contribution in [0.15, 0.2) is 36.5 Å². The van der Waals surface area contributed by atoms with Crippen LogP contribution in [0, 0.1) is 0 Å². The fourth-order valence-corrected chi connectivity index (χ4v) is 4.71. The molecule has 1 aliphatic heterocycles. The van der Waals surface area contributed by atoms with Crippen LogP contribution in [0.3, 0.4) is 0 Å². The highest BCUT2D eigenvalue weighted by Crippen LogP contribution is 2.34. The molecule has 3 aromatic rings. The molecule has 1 aliphatic rings. The summed E-state index contributed by atoms with van der Waals surface area (Å²) in [5.41, 5.74) is 1.20. The first-order valence-corrected chi connectivity index (χ1v) is 11.0. The van der Waals surface area contributed by atoms with Crippen molar-refractivity contribution in [2.45, 2.75) is 25.8 Å². The van der Waals surface area contributed by atoms with Crippen LogP contribution in [0.2, 0.25) is 0 Å². The number of thiazole rings is 1. The van der Waals surface area contributed by atoms with Gasteiger partial charge in [0.2, 0.25) is 5.91 Å². The van der Waals surface area contributed by atoms with Crippen molar-refractivity contribution in [3.63, 3.8) is 0 Å². The molecule has 31 heavy (non-hydrogen) atoms. The average molecular weight is 440 g/mol. The summed E-state index contributed by atoms with van der Waals surface area (Å²) in [6.07, 6.45) is 3.59. The molecule has 0 radical (unpaired) electrons. The summed E-state index contributed by atoms with van der Waals surface area (Å²) < 4.78 is 6.96. The summed E-state index contributed by atoms with van der Waals surface area (Å²) in [7, 11) is 3.61. The fraction of sp³-hybridized carbons (Fsp3) is 0.364. The third kappa shape index (κ3) is 4.61. The fourth-order valence-electron chi connectivity index (χ4n) is 3.68. The van der Waals surface area contributed by atoms with Gasteiger partial charge in [-0.15, -0.1) is 0 Å². The molecule has 1 unspecified atom stereocenters. The number of benzene rings is 1. The first-order valence-electron chi connectivity index (χ1n) is 10.2. The van der Waals surface area contributed by atoms with E-state index in [4.69, 9.17) is 9.72 Å². The van der Waals surface area contributed by atoms with Crippen LogP contribution in [0.4, 0.5) is 5.13 Å². The molecule has 162 valence electrons. The molecular weight excluding hydrogens is 414 g/mol. The molecule has 9 heteroatoms. The van der Waals surface area contributed by atoms with Crippen molar-refractivity contribution in [2.75, 3.05) is 32.1 Å². The lowest BCUT2D eigenvalue weighted by molar-refractivity contribution is -0.129. The first-order chi connectivity index (χ1) is 14.9. The van der Waals surface area contributed by atoms with E-state index in [1.165, 1.54) is 0 Å². The first kappa shape index (κ1) is 21.0. The number of ether oxygens (including phenoxy) is 1. The topological polar surface area (TPSA) is 87.7 Å². The number of nitrogens with zero attached hydrogens (tertiary/aromatic N) is 4. The van der Waals surface area contributed by atoms with E-state index in [0.717, 1.165) is 41.3 Å². The smallest absolute Gasteiger partial charge is 0.269 e. The number of carbonyl (C=O) groups excluding carboxylic acids is 2. The molecule has 2 amide bonds. The number of carbonyl (C=O) groups is 2. The zero-order chi connectivity index (χ0) is 22.0. The SMILES string of the molecule is CNC(=O)c1cc(Oc2ccc3nc(N(C)C4CCCN(C(C)=O)C4)sc3c2)ccn1. The summed E-state index contributed by atoms with van der Waals surface area (Å²) in [6, 6.07) is 9.33. The van der Waals surface area contributed by atoms with Crippen molar-refractivity contribution in [3.05, 3.63) is 42.2 Å². The highest BCUT2D eigenvalue weighted by atomic mass is 32.1. The summed E-state index contributed by atoms with van der Waals surface area (Å²) in [5, 5.41) is 3.48. The number of aromatic nitrogens is 2. The van der Waals surface area contributed by atoms with Crippen molar-refractivity contribution >= 4 is 38.5 Å². The van der Waals surface area contributed by atoms with E-state index < -0.39 is 0 Å². The Labute approximate surface area is 184 Å². The number of rotatable bonds is 5. The number of likely N-dealkylation sites (N-methyl/N-ethyl adjacent to an activating group) is 1. The minimum Gasteiger partial charge on any atom is -0.457 e. The van der Waals surface area contributed by atoms with E-state index in [2.05, 4.69) is 15.2 Å². The number of fused-ring (bicyclic) bond motifs is 1. The minimum absolute atomic E-state index is 0.125. The van der Waals surface area contributed by atoms with Gasteiger partial charge in [0, 0.05) is 58.5 Å². The van der Waals surface area contributed by atoms with Gasteiger partial charge in [-0.1, -0.05) is 11.3 Å². The number of anilines is 1. The molecule has 0 bridgehead atoms. The second-order valence-corrected chi connectivity index (χ2v) is 8.57. The molecule has 0 spiro atoms. The molecule has 4 rings (SSSR count). The zero-order valence-electron chi connectivity index (χ0n) is 17.8. The van der Waals surface area contributed by atoms with Crippen molar-refractivity contribution in [3.8, 4) is 11.5 Å². The second kappa shape index (κ2) is 8.89. The molecule has 8 nitrogen and oxygen atoms in total. The van der Waals surface area contributed by atoms with Crippen LogP contribution in [0.25, 0.3) is 10.2 Å². The third-order valence-electron chi connectivity index (χ3n) is 5.47. The lowest BCUT2D eigenvalue weighted by atomic mass is 10.1. The quantitative estimate of drug-likeness (QED) is 0.656. The average Bonchev–Trinajstić information content (AvgIpc) is 3.21. The van der Waals surface area contributed by atoms with E-state index in [1.807, 2.05) is 30.1 Å². The van der Waals surface area contributed by atoms with Crippen LogP contribution < -0.4 is 15.0 Å². The van der Waals surface area contributed by atoms with E-state index in [9.17, 15) is 9.59 Å². The maximum absolute atomic E-state index is 11.8. The van der Waals surface area contributed by atoms with Crippen LogP contribution in [-0.2, 0) is 4.79 Å². The highest BCUT2D eigenvalue weighted by molar-refractivity contribution is 7.22. The standard InChI is InChI=1S/C22H25N5O3S/c1-14(28)27-10-4-5-15(13-27)26(3)22-25-18-7-6-16(12-20(18)31-22)30-17-8-9-24-19(11-17)21(29)23-2/h6-9,11-12,15H,4-5,10,13H2,1-3H3,(H,23,29). The van der Waals surface area contributed by atoms with Gasteiger partial charge >= 0.3 is 0 Å². The van der Waals surface area contributed by atoms with Gasteiger partial charge in [-0.2, -0.15) is 0 Å². The van der Waals surface area contributed by atoms with Crippen molar-refractivity contribution in [1.29, 1.82) is 0 Å². The molecule has 0 aliphatic carbocycles. The number of hydrogen-bond acceptors (Lipinski definition) is 7. The second-order valence-electron chi connectivity index (χ2n) is 7.56. The number of piperidine rings is 1. The van der Waals surface area contributed by atoms with Crippen molar-refractivity contribution in [2.24, 2.45) is 0 Å². The third-order valence-corrected chi connectivity index (χ3v) is 6.58. The van der Waals surface area contributed by atoms with Gasteiger partial charge in [0.25, 0.3) is 5.91 Å². The largest absolute Gasteiger partial charge is 0.457 e. The van der Waals surface area contributed by atoms with Crippen LogP contribution in [0.5, 0.6) is 11.5 Å². The van der Waals surface area contributed by atoms with Crippen molar-refractivity contribution in [1.82, 2.24) is 20.2 Å². The number of amides is 2. The predicted octanol–water partition coefficient (Wildman–Crippen LogP) is 3.29. The molecule has 0 saturated carbocycles. The lowest BCUT2D eigenvalue weighted by Crippen LogP contribution is -2.48. The van der Waals surface area contributed by atoms with Gasteiger partial charge in [-0.25, -0.2) is 4.98 Å². The Bertz CT molecular complexity index is 1120. The zero-order valence-corrected chi connectivity index (χ0v) is 18.6. The van der Waals surface area contributed by atoms with Crippen LogP contribution in [-0.4, -0.2) is 59.9 Å². The predicted molar refractivity (Wildman–Crippen MR) is 121 cm³/mol. The number of hydrogen-bond donors (Lipinski definition) is 1. The van der Waals surface area contributed by atoms with Crippen LogP contribution >= 0.6 is 11.3 Å². The number of likely N-dealkylation sites (tertiary alicyclic amines) is 1. The summed E-state index contributed by atoms with van der Waals surface area (Å²) in [4.78, 5) is 36.5. The Kier molecular flexibility index (Phi) is 6.03. The van der Waals surface area contributed by atoms with Gasteiger partial charge < -0.3 is 19.9 Å². The lowest BCUT2D eigenvalue weighted by Gasteiger charge is -2.37. The van der Waals surface area contributed by atoms with E-state index in [-0.39, 0.29) is 17.9 Å². The molecule has 3 heterocycles. The number of nitrogens with one attached hydrogen (secondary N) is 1. The van der Waals surface area contributed by atoms with Gasteiger partial charge in [0.05, 0.1) is 10.2 Å². The van der Waals surface area contributed by atoms with E-state index in [0.29, 0.717) is 17.2 Å². The van der Waals surface area contributed by atoms with Crippen molar-refractivity contribution < 1.29 is 14.3 Å². The molecule has 1 saturated heterocycles. The summed E-state index contributed by atoms with van der Waals surface area (Å²) >= 11 is 1.60. The molecule has 1 fully saturated rings. The van der Waals surface area contributed by atoms with Gasteiger partial charge in [0.1, 0.15) is 17.2 Å². The Morgan fingerprint density at radius 1 is 1.26 bits per heavy atom. The van der Waals surface area contributed by atoms with Gasteiger partial charge in [-0.3, -0.25) is 14.6 Å². The minimum atomic E-state index is -0.262. The van der Waals surface area contributed by atoms with E-state index in [1.54, 1.807) is 43.6 Å². The van der Waals surface area contributed by atoms with Crippen LogP contribution in [0.1, 0.15) is 30.3 Å². The summed E-state index contributed by atoms with van der Waals surface area (Å²) in [6.45, 7) is 3.19. The molecule has 1 aromatic carbocycles. The van der Waals surface area contributed by atoms with E-state index >= 15 is 0 Å². The highest BCUT2D eigenvalue weighted by Gasteiger charge is 2.26. The number of pyridine rings is 1. The molecule has 2 aromatic heterocycles.